The highest BCUT2D eigenvalue weighted by Crippen LogP contribution is 2.13. The third kappa shape index (κ3) is 12.8. The zero-order chi connectivity index (χ0) is 7.98. The summed E-state index contributed by atoms with van der Waals surface area (Å²) in [6, 6.07) is 0. The van der Waals surface area contributed by atoms with Crippen LogP contribution in [0.15, 0.2) is 12.2 Å². The van der Waals surface area contributed by atoms with Gasteiger partial charge in [0.05, 0.1) is 6.61 Å². The van der Waals surface area contributed by atoms with Crippen molar-refractivity contribution in [3.8, 4) is 0 Å². The summed E-state index contributed by atoms with van der Waals surface area (Å²) < 4.78 is 18.8. The molecule has 0 radical (unpaired) electrons. The summed E-state index contributed by atoms with van der Waals surface area (Å²) >= 11 is 0. The van der Waals surface area contributed by atoms with Crippen LogP contribution in [-0.4, -0.2) is 23.8 Å². The van der Waals surface area contributed by atoms with E-state index in [0.717, 1.165) is 5.57 Å². The third-order valence-electron chi connectivity index (χ3n) is 0.595. The lowest BCUT2D eigenvalue weighted by molar-refractivity contribution is 0.0259. The Hall–Kier alpha value is -0.320. The summed E-state index contributed by atoms with van der Waals surface area (Å²) in [6.45, 7) is 5.53. The first-order chi connectivity index (χ1) is 4.63. The minimum atomic E-state index is -2.54. The second-order valence-corrected chi connectivity index (χ2v) is 2.52. The molecular formula is C5H12O5P+. The normalized spacial score (nSPS) is 10.2. The Labute approximate surface area is 65.9 Å². The fourth-order valence-corrected chi connectivity index (χ4v) is 0.463. The highest BCUT2D eigenvalue weighted by atomic mass is 31.1. The van der Waals surface area contributed by atoms with Gasteiger partial charge in [0.15, 0.2) is 0 Å². The van der Waals surface area contributed by atoms with E-state index in [2.05, 4.69) is 11.1 Å². The number of ether oxygens (including phenoxy) is 1. The molecule has 1 unspecified atom stereocenters. The molecule has 3 N–H and O–H groups in total. The Morgan fingerprint density at radius 3 is 2.64 bits per heavy atom. The van der Waals surface area contributed by atoms with E-state index in [-0.39, 0.29) is 12.3 Å². The average Bonchev–Trinajstić information content (AvgIpc) is 1.79. The maximum Gasteiger partial charge on any atom is 0.697 e. The molecular weight excluding hydrogens is 171 g/mol. The molecule has 0 spiro atoms. The Kier molecular flexibility index (Phi) is 9.40. The van der Waals surface area contributed by atoms with Crippen molar-refractivity contribution in [3.05, 3.63) is 12.2 Å². The molecule has 66 valence electrons. The topological polar surface area (TPSA) is 87.3 Å². The van der Waals surface area contributed by atoms with Crippen molar-refractivity contribution >= 4 is 8.25 Å². The van der Waals surface area contributed by atoms with Crippen molar-refractivity contribution in [1.29, 1.82) is 0 Å². The molecule has 0 amide bonds. The van der Waals surface area contributed by atoms with Gasteiger partial charge in [-0.1, -0.05) is 16.7 Å². The maximum absolute atomic E-state index is 9.87. The van der Waals surface area contributed by atoms with Gasteiger partial charge in [0.1, 0.15) is 0 Å². The predicted molar refractivity (Wildman–Crippen MR) is 40.2 cm³/mol. The molecule has 0 saturated carbocycles. The molecule has 0 aromatic carbocycles. The van der Waals surface area contributed by atoms with Gasteiger partial charge in [0.2, 0.25) is 6.79 Å². The molecule has 6 heteroatoms. The molecule has 0 aliphatic carbocycles. The van der Waals surface area contributed by atoms with E-state index in [1.165, 1.54) is 0 Å². The van der Waals surface area contributed by atoms with Crippen molar-refractivity contribution in [1.82, 2.24) is 0 Å². The quantitative estimate of drug-likeness (QED) is 0.289. The Bertz CT molecular complexity index is 119. The van der Waals surface area contributed by atoms with Crippen molar-refractivity contribution in [2.45, 2.75) is 6.92 Å². The van der Waals surface area contributed by atoms with E-state index >= 15 is 0 Å². The van der Waals surface area contributed by atoms with E-state index in [0.29, 0.717) is 6.61 Å². The number of hydrogen-bond donors (Lipinski definition) is 1. The molecule has 11 heavy (non-hydrogen) atoms. The first-order valence-electron chi connectivity index (χ1n) is 2.64. The summed E-state index contributed by atoms with van der Waals surface area (Å²) in [5, 5.41) is 0. The van der Waals surface area contributed by atoms with Gasteiger partial charge < -0.3 is 10.2 Å². The van der Waals surface area contributed by atoms with Gasteiger partial charge in [-0.05, 0) is 6.92 Å². The lowest BCUT2D eigenvalue weighted by atomic mass is 10.4. The minimum Gasteiger partial charge on any atom is -0.412 e. The van der Waals surface area contributed by atoms with Gasteiger partial charge in [-0.2, -0.15) is 0 Å². The standard InChI is InChI=1S/C5H9O4P.H2O/c1-5(2)3-8-4-9-10(6)7;/h1,3-4H2,2H3;1H2/p+1. The summed E-state index contributed by atoms with van der Waals surface area (Å²) in [7, 11) is -2.54. The second-order valence-electron chi connectivity index (χ2n) is 1.79. The van der Waals surface area contributed by atoms with Crippen molar-refractivity contribution in [3.63, 3.8) is 0 Å². The highest BCUT2D eigenvalue weighted by Gasteiger charge is 2.10. The molecule has 1 atom stereocenters. The minimum absolute atomic E-state index is 0. The first kappa shape index (κ1) is 13.3. The molecule has 0 aromatic rings. The van der Waals surface area contributed by atoms with Crippen LogP contribution in [0.3, 0.4) is 0 Å². The lowest BCUT2D eigenvalue weighted by Crippen LogP contribution is -1.97. The van der Waals surface area contributed by atoms with E-state index in [1.54, 1.807) is 6.92 Å². The summed E-state index contributed by atoms with van der Waals surface area (Å²) in [6.07, 6.45) is 0. The highest BCUT2D eigenvalue weighted by molar-refractivity contribution is 7.32. The molecule has 0 heterocycles. The van der Waals surface area contributed by atoms with E-state index in [1.807, 2.05) is 0 Å². The molecule has 0 fully saturated rings. The van der Waals surface area contributed by atoms with Gasteiger partial charge in [-0.3, -0.25) is 0 Å². The molecule has 0 aliphatic heterocycles. The van der Waals surface area contributed by atoms with Gasteiger partial charge in [-0.25, -0.2) is 0 Å². The smallest absolute Gasteiger partial charge is 0.412 e. The van der Waals surface area contributed by atoms with Crippen LogP contribution in [0.5, 0.6) is 0 Å². The molecule has 0 aromatic heterocycles. The van der Waals surface area contributed by atoms with E-state index in [4.69, 9.17) is 9.63 Å². The van der Waals surface area contributed by atoms with Crippen molar-refractivity contribution in [2.75, 3.05) is 13.4 Å². The Morgan fingerprint density at radius 2 is 2.27 bits per heavy atom. The SMILES string of the molecule is C=C(C)COCO[P+](=O)O.O. The van der Waals surface area contributed by atoms with Gasteiger partial charge >= 0.3 is 8.25 Å². The van der Waals surface area contributed by atoms with Gasteiger partial charge in [0.25, 0.3) is 0 Å². The fraction of sp³-hybridized carbons (Fsp3) is 0.600. The van der Waals surface area contributed by atoms with Crippen LogP contribution in [-0.2, 0) is 13.8 Å². The van der Waals surface area contributed by atoms with Crippen LogP contribution < -0.4 is 0 Å². The van der Waals surface area contributed by atoms with Crippen molar-refractivity contribution < 1.29 is 24.2 Å². The van der Waals surface area contributed by atoms with E-state index < -0.39 is 8.25 Å². The summed E-state index contributed by atoms with van der Waals surface area (Å²) in [4.78, 5) is 8.10. The van der Waals surface area contributed by atoms with Gasteiger partial charge in [0, 0.05) is 4.57 Å². The first-order valence-corrected chi connectivity index (χ1v) is 3.77. The predicted octanol–water partition coefficient (Wildman–Crippen LogP) is 0.378. The summed E-state index contributed by atoms with van der Waals surface area (Å²) in [5.74, 6) is 0. The molecule has 5 nitrogen and oxygen atoms in total. The van der Waals surface area contributed by atoms with Crippen molar-refractivity contribution in [2.24, 2.45) is 0 Å². The molecule has 0 aliphatic rings. The van der Waals surface area contributed by atoms with E-state index in [9.17, 15) is 4.57 Å². The largest absolute Gasteiger partial charge is 0.697 e. The van der Waals surface area contributed by atoms with Crippen LogP contribution >= 0.6 is 8.25 Å². The second kappa shape index (κ2) is 7.78. The lowest BCUT2D eigenvalue weighted by Gasteiger charge is -1.95. The van der Waals surface area contributed by atoms with Crippen LogP contribution in [0, 0.1) is 0 Å². The zero-order valence-electron chi connectivity index (χ0n) is 6.24. The number of rotatable bonds is 5. The van der Waals surface area contributed by atoms with Crippen LogP contribution in [0.4, 0.5) is 0 Å². The molecule has 0 saturated heterocycles. The fourth-order valence-electron chi connectivity index (χ4n) is 0.298. The Balaban J connectivity index is 0. The summed E-state index contributed by atoms with van der Waals surface area (Å²) in [5.41, 5.74) is 0.844. The number of hydrogen-bond acceptors (Lipinski definition) is 3. The zero-order valence-corrected chi connectivity index (χ0v) is 7.13. The van der Waals surface area contributed by atoms with Crippen LogP contribution in [0.25, 0.3) is 0 Å². The third-order valence-corrected chi connectivity index (χ3v) is 0.921. The van der Waals surface area contributed by atoms with Crippen LogP contribution in [0.2, 0.25) is 0 Å². The molecule has 0 rings (SSSR count). The van der Waals surface area contributed by atoms with Gasteiger partial charge in [-0.15, -0.1) is 4.89 Å². The Morgan fingerprint density at radius 1 is 1.73 bits per heavy atom. The average molecular weight is 183 g/mol. The maximum atomic E-state index is 9.87. The monoisotopic (exact) mass is 183 g/mol. The van der Waals surface area contributed by atoms with Crippen LogP contribution in [0.1, 0.15) is 6.92 Å². The molecule has 0 bridgehead atoms.